The second-order valence-corrected chi connectivity index (χ2v) is 6.94. The molecule has 0 amide bonds. The van der Waals surface area contributed by atoms with Crippen molar-refractivity contribution in [3.05, 3.63) is 66.7 Å². The van der Waals surface area contributed by atoms with Gasteiger partial charge in [-0.3, -0.25) is 0 Å². The predicted octanol–water partition coefficient (Wildman–Crippen LogP) is 3.33. The first-order valence-corrected chi connectivity index (χ1v) is 9.51. The van der Waals surface area contributed by atoms with Crippen LogP contribution in [0.5, 0.6) is 5.88 Å². The number of benzene rings is 1. The quantitative estimate of drug-likeness (QED) is 0.556. The number of nitrogens with two attached hydrogens (primary N) is 1. The number of hydrogen-bond donors (Lipinski definition) is 1. The van der Waals surface area contributed by atoms with E-state index in [1.54, 1.807) is 13.3 Å². The van der Waals surface area contributed by atoms with Crippen molar-refractivity contribution in [1.82, 2.24) is 19.5 Å². The molecule has 5 rings (SSSR count). The molecular weight excluding hydrogens is 378 g/mol. The molecule has 4 heterocycles. The molecule has 0 radical (unpaired) electrons. The number of fused-ring (bicyclic) bond motifs is 1. The van der Waals surface area contributed by atoms with Gasteiger partial charge in [-0.25, -0.2) is 15.0 Å². The Morgan fingerprint density at radius 2 is 1.87 bits per heavy atom. The van der Waals surface area contributed by atoms with Crippen LogP contribution in [0.3, 0.4) is 0 Å². The van der Waals surface area contributed by atoms with Crippen LogP contribution in [-0.2, 0) is 6.54 Å². The molecule has 0 spiro atoms. The Morgan fingerprint density at radius 1 is 1.00 bits per heavy atom. The summed E-state index contributed by atoms with van der Waals surface area (Å²) in [5, 5.41) is 9.55. The zero-order valence-electron chi connectivity index (χ0n) is 16.4. The van der Waals surface area contributed by atoms with Crippen molar-refractivity contribution in [2.45, 2.75) is 13.0 Å². The number of ether oxygens (including phenoxy) is 1. The van der Waals surface area contributed by atoms with Crippen molar-refractivity contribution in [3.8, 4) is 17.0 Å². The average molecular weight is 397 g/mol. The van der Waals surface area contributed by atoms with Crippen molar-refractivity contribution in [1.29, 1.82) is 0 Å². The standard InChI is InChI=1S/C22H19N7O/c1-30-22-16(8-5-9-24-22)17-12-29(21-19(17)20(23)25-13-26-21)11-15-10-18(28-27-15)14-6-3-2-4-7-14/h2-9,12-13H,10-11H2,1H3,(H2,23,25,26). The zero-order valence-corrected chi connectivity index (χ0v) is 16.4. The Labute approximate surface area is 172 Å². The van der Waals surface area contributed by atoms with Gasteiger partial charge in [0, 0.05) is 29.9 Å². The lowest BCUT2D eigenvalue weighted by molar-refractivity contribution is 0.400. The first kappa shape index (κ1) is 18.0. The number of rotatable bonds is 5. The summed E-state index contributed by atoms with van der Waals surface area (Å²) < 4.78 is 7.48. The highest BCUT2D eigenvalue weighted by Crippen LogP contribution is 2.36. The summed E-state index contributed by atoms with van der Waals surface area (Å²) in [4.78, 5) is 13.0. The minimum absolute atomic E-state index is 0.411. The van der Waals surface area contributed by atoms with E-state index in [0.29, 0.717) is 24.7 Å². The lowest BCUT2D eigenvalue weighted by atomic mass is 10.1. The van der Waals surface area contributed by atoms with Crippen molar-refractivity contribution in [3.63, 3.8) is 0 Å². The van der Waals surface area contributed by atoms with Crippen LogP contribution in [0, 0.1) is 0 Å². The largest absolute Gasteiger partial charge is 0.481 e. The van der Waals surface area contributed by atoms with Crippen LogP contribution in [0.2, 0.25) is 0 Å². The van der Waals surface area contributed by atoms with Gasteiger partial charge < -0.3 is 15.0 Å². The highest BCUT2D eigenvalue weighted by molar-refractivity contribution is 6.15. The molecule has 1 aliphatic rings. The van der Waals surface area contributed by atoms with Gasteiger partial charge in [-0.1, -0.05) is 30.3 Å². The van der Waals surface area contributed by atoms with Crippen LogP contribution in [0.15, 0.2) is 71.4 Å². The molecule has 0 unspecified atom stereocenters. The predicted molar refractivity (Wildman–Crippen MR) is 117 cm³/mol. The maximum atomic E-state index is 6.23. The second-order valence-electron chi connectivity index (χ2n) is 6.94. The number of anilines is 1. The van der Waals surface area contributed by atoms with Gasteiger partial charge in [-0.2, -0.15) is 10.2 Å². The minimum atomic E-state index is 0.411. The van der Waals surface area contributed by atoms with Crippen LogP contribution < -0.4 is 10.5 Å². The average Bonchev–Trinajstić information content (AvgIpc) is 3.40. The molecule has 1 aliphatic heterocycles. The van der Waals surface area contributed by atoms with Gasteiger partial charge in [0.1, 0.15) is 17.8 Å². The van der Waals surface area contributed by atoms with Crippen LogP contribution in [0.4, 0.5) is 5.82 Å². The van der Waals surface area contributed by atoms with E-state index in [1.165, 1.54) is 6.33 Å². The molecular formula is C22H19N7O. The normalized spacial score (nSPS) is 13.4. The monoisotopic (exact) mass is 397 g/mol. The minimum Gasteiger partial charge on any atom is -0.481 e. The number of pyridine rings is 1. The third-order valence-electron chi connectivity index (χ3n) is 5.08. The fourth-order valence-corrected chi connectivity index (χ4v) is 3.70. The number of hydrogen-bond acceptors (Lipinski definition) is 7. The van der Waals surface area contributed by atoms with Crippen LogP contribution in [-0.4, -0.2) is 38.1 Å². The molecule has 0 saturated heterocycles. The topological polar surface area (TPSA) is 104 Å². The third kappa shape index (κ3) is 3.08. The second kappa shape index (κ2) is 7.40. The maximum absolute atomic E-state index is 6.23. The molecule has 4 aromatic rings. The number of methoxy groups -OCH3 is 1. The van der Waals surface area contributed by atoms with Crippen molar-refractivity contribution < 1.29 is 4.74 Å². The van der Waals surface area contributed by atoms with Crippen molar-refractivity contribution in [2.24, 2.45) is 10.2 Å². The van der Waals surface area contributed by atoms with Crippen LogP contribution in [0.1, 0.15) is 12.0 Å². The lowest BCUT2D eigenvalue weighted by Crippen LogP contribution is -2.11. The molecule has 0 saturated carbocycles. The van der Waals surface area contributed by atoms with E-state index < -0.39 is 0 Å². The molecule has 2 N–H and O–H groups in total. The molecule has 8 nitrogen and oxygen atoms in total. The van der Waals surface area contributed by atoms with Crippen LogP contribution in [0.25, 0.3) is 22.2 Å². The van der Waals surface area contributed by atoms with Gasteiger partial charge in [-0.15, -0.1) is 0 Å². The van der Waals surface area contributed by atoms with Gasteiger partial charge in [0.25, 0.3) is 0 Å². The molecule has 0 bridgehead atoms. The summed E-state index contributed by atoms with van der Waals surface area (Å²) in [7, 11) is 1.60. The SMILES string of the molecule is COc1ncccc1-c1cn(CC2=NN=C(c3ccccc3)C2)c2ncnc(N)c12. The van der Waals surface area contributed by atoms with Crippen molar-refractivity contribution in [2.75, 3.05) is 12.8 Å². The molecule has 0 atom stereocenters. The first-order valence-electron chi connectivity index (χ1n) is 9.51. The summed E-state index contributed by atoms with van der Waals surface area (Å²) in [6, 6.07) is 13.9. The molecule has 3 aromatic heterocycles. The lowest BCUT2D eigenvalue weighted by Gasteiger charge is -2.06. The van der Waals surface area contributed by atoms with Gasteiger partial charge in [0.15, 0.2) is 0 Å². The van der Waals surface area contributed by atoms with E-state index in [0.717, 1.165) is 39.1 Å². The molecule has 0 fully saturated rings. The molecule has 1 aromatic carbocycles. The van der Waals surface area contributed by atoms with E-state index in [4.69, 9.17) is 10.5 Å². The maximum Gasteiger partial charge on any atom is 0.221 e. The highest BCUT2D eigenvalue weighted by Gasteiger charge is 2.21. The summed E-state index contributed by atoms with van der Waals surface area (Å²) in [5.41, 5.74) is 11.7. The summed E-state index contributed by atoms with van der Waals surface area (Å²) >= 11 is 0. The fourth-order valence-electron chi connectivity index (χ4n) is 3.70. The smallest absolute Gasteiger partial charge is 0.221 e. The molecule has 30 heavy (non-hydrogen) atoms. The Hall–Kier alpha value is -4.07. The Bertz CT molecular complexity index is 1290. The fraction of sp³-hybridized carbons (Fsp3) is 0.136. The molecule has 0 aliphatic carbocycles. The molecule has 8 heteroatoms. The zero-order chi connectivity index (χ0) is 20.5. The highest BCUT2D eigenvalue weighted by atomic mass is 16.5. The third-order valence-corrected chi connectivity index (χ3v) is 5.08. The first-order chi connectivity index (χ1) is 14.7. The van der Waals surface area contributed by atoms with Gasteiger partial charge >= 0.3 is 0 Å². The Balaban J connectivity index is 1.52. The Morgan fingerprint density at radius 3 is 2.70 bits per heavy atom. The van der Waals surface area contributed by atoms with E-state index >= 15 is 0 Å². The molecule has 148 valence electrons. The number of nitrogens with zero attached hydrogens (tertiary/aromatic N) is 6. The van der Waals surface area contributed by atoms with Crippen molar-refractivity contribution >= 4 is 28.3 Å². The summed E-state index contributed by atoms with van der Waals surface area (Å²) in [5.74, 6) is 0.932. The summed E-state index contributed by atoms with van der Waals surface area (Å²) in [6.45, 7) is 0.551. The number of aromatic nitrogens is 4. The van der Waals surface area contributed by atoms with E-state index in [-0.39, 0.29) is 0 Å². The van der Waals surface area contributed by atoms with E-state index in [2.05, 4.69) is 25.2 Å². The van der Waals surface area contributed by atoms with Gasteiger partial charge in [-0.05, 0) is 17.7 Å². The van der Waals surface area contributed by atoms with E-state index in [1.807, 2.05) is 53.2 Å². The van der Waals surface area contributed by atoms with E-state index in [9.17, 15) is 0 Å². The van der Waals surface area contributed by atoms with Gasteiger partial charge in [0.2, 0.25) is 5.88 Å². The Kier molecular flexibility index (Phi) is 4.44. The number of nitrogen functional groups attached to an aromatic ring is 1. The van der Waals surface area contributed by atoms with Crippen LogP contribution >= 0.6 is 0 Å². The van der Waals surface area contributed by atoms with Gasteiger partial charge in [0.05, 0.1) is 30.5 Å². The summed E-state index contributed by atoms with van der Waals surface area (Å²) in [6.07, 6.45) is 5.85.